The zero-order chi connectivity index (χ0) is 8.10. The van der Waals surface area contributed by atoms with Crippen molar-refractivity contribution in [2.45, 2.75) is 0 Å². The summed E-state index contributed by atoms with van der Waals surface area (Å²) >= 11 is 0. The van der Waals surface area contributed by atoms with Crippen molar-refractivity contribution in [3.63, 3.8) is 0 Å². The highest BCUT2D eigenvalue weighted by atomic mass is 16.2. The Bertz CT molecular complexity index is 312. The number of aromatic nitrogens is 1. The summed E-state index contributed by atoms with van der Waals surface area (Å²) in [6, 6.07) is 3.61. The topological polar surface area (TPSA) is 56.9 Å². The molecule has 1 rings (SSSR count). The maximum absolute atomic E-state index is 8.54. The number of hydrogen-bond donors (Lipinski definition) is 1. The van der Waals surface area contributed by atoms with Crippen LogP contribution < -0.4 is 0 Å². The molecule has 0 saturated heterocycles. The number of nitriles is 1. The molecular weight excluding hydrogens is 140 g/mol. The van der Waals surface area contributed by atoms with Crippen molar-refractivity contribution < 1.29 is 5.11 Å². The molecule has 1 aromatic heterocycles. The predicted octanol–water partition coefficient (Wildman–Crippen LogP) is 1.48. The minimum atomic E-state index is 0.456. The molecule has 3 nitrogen and oxygen atoms in total. The molecular formula is C8H6N2O. The van der Waals surface area contributed by atoms with E-state index in [-0.39, 0.29) is 0 Å². The second-order valence-corrected chi connectivity index (χ2v) is 1.89. The van der Waals surface area contributed by atoms with Crippen LogP contribution in [0.15, 0.2) is 24.7 Å². The summed E-state index contributed by atoms with van der Waals surface area (Å²) in [5.41, 5.74) is 1.13. The van der Waals surface area contributed by atoms with Gasteiger partial charge in [0.25, 0.3) is 0 Å². The number of nitrogens with zero attached hydrogens (tertiary/aromatic N) is 2. The minimum absolute atomic E-state index is 0.456. The van der Waals surface area contributed by atoms with Gasteiger partial charge in [0.2, 0.25) is 0 Å². The van der Waals surface area contributed by atoms with Crippen molar-refractivity contribution >= 4 is 6.08 Å². The number of hydrogen-bond acceptors (Lipinski definition) is 3. The summed E-state index contributed by atoms with van der Waals surface area (Å²) in [4.78, 5) is 3.76. The van der Waals surface area contributed by atoms with Gasteiger partial charge >= 0.3 is 0 Å². The van der Waals surface area contributed by atoms with E-state index in [1.54, 1.807) is 12.3 Å². The molecule has 0 atom stereocenters. The van der Waals surface area contributed by atoms with E-state index in [0.717, 1.165) is 6.26 Å². The lowest BCUT2D eigenvalue weighted by atomic mass is 10.1. The lowest BCUT2D eigenvalue weighted by Crippen LogP contribution is -1.82. The zero-order valence-corrected chi connectivity index (χ0v) is 5.73. The Hall–Kier alpha value is -1.82. The zero-order valence-electron chi connectivity index (χ0n) is 5.73. The van der Waals surface area contributed by atoms with E-state index in [9.17, 15) is 0 Å². The Morgan fingerprint density at radius 2 is 2.45 bits per heavy atom. The molecule has 0 radical (unpaired) electrons. The quantitative estimate of drug-likeness (QED) is 0.610. The highest BCUT2D eigenvalue weighted by Gasteiger charge is 1.95. The van der Waals surface area contributed by atoms with Crippen LogP contribution >= 0.6 is 0 Å². The summed E-state index contributed by atoms with van der Waals surface area (Å²) < 4.78 is 0. The standard InChI is InChI=1S/C8H6N2O/c9-5-8-6-10-3-1-7(8)2-4-11/h1-4,6,11H/b4-2-. The first kappa shape index (κ1) is 7.29. The van der Waals surface area contributed by atoms with Gasteiger partial charge in [0.15, 0.2) is 0 Å². The van der Waals surface area contributed by atoms with E-state index in [1.165, 1.54) is 12.3 Å². The number of aliphatic hydroxyl groups excluding tert-OH is 1. The summed E-state index contributed by atoms with van der Waals surface area (Å²) in [7, 11) is 0. The number of pyridine rings is 1. The maximum atomic E-state index is 8.54. The summed E-state index contributed by atoms with van der Waals surface area (Å²) in [6.07, 6.45) is 5.36. The summed E-state index contributed by atoms with van der Waals surface area (Å²) in [5.74, 6) is 0. The van der Waals surface area contributed by atoms with Crippen molar-refractivity contribution in [1.82, 2.24) is 4.98 Å². The largest absolute Gasteiger partial charge is 0.516 e. The van der Waals surface area contributed by atoms with Gasteiger partial charge in [0.05, 0.1) is 11.8 Å². The smallest absolute Gasteiger partial charge is 0.101 e. The number of aliphatic hydroxyl groups is 1. The minimum Gasteiger partial charge on any atom is -0.516 e. The van der Waals surface area contributed by atoms with Crippen LogP contribution in [0.1, 0.15) is 11.1 Å². The molecule has 1 N–H and O–H groups in total. The van der Waals surface area contributed by atoms with E-state index in [0.29, 0.717) is 11.1 Å². The van der Waals surface area contributed by atoms with E-state index >= 15 is 0 Å². The Balaban J connectivity index is 3.15. The molecule has 0 aliphatic carbocycles. The fourth-order valence-electron chi connectivity index (χ4n) is 0.724. The molecule has 0 bridgehead atoms. The van der Waals surface area contributed by atoms with Crippen molar-refractivity contribution in [2.24, 2.45) is 0 Å². The van der Waals surface area contributed by atoms with Gasteiger partial charge in [-0.25, -0.2) is 0 Å². The van der Waals surface area contributed by atoms with Gasteiger partial charge < -0.3 is 5.11 Å². The SMILES string of the molecule is N#Cc1cnccc1/C=C\O. The molecule has 3 heteroatoms. The molecule has 0 fully saturated rings. The van der Waals surface area contributed by atoms with Crippen LogP contribution in [0, 0.1) is 11.3 Å². The lowest BCUT2D eigenvalue weighted by molar-refractivity contribution is 0.478. The molecule has 0 unspecified atom stereocenters. The van der Waals surface area contributed by atoms with Gasteiger partial charge in [-0.15, -0.1) is 0 Å². The van der Waals surface area contributed by atoms with Gasteiger partial charge in [-0.05, 0) is 17.7 Å². The van der Waals surface area contributed by atoms with Gasteiger partial charge in [0, 0.05) is 12.4 Å². The highest BCUT2D eigenvalue weighted by molar-refractivity contribution is 5.55. The van der Waals surface area contributed by atoms with Crippen LogP contribution in [0.25, 0.3) is 6.08 Å². The summed E-state index contributed by atoms with van der Waals surface area (Å²) in [5, 5.41) is 17.0. The average molecular weight is 146 g/mol. The third kappa shape index (κ3) is 1.55. The molecule has 0 amide bonds. The molecule has 0 spiro atoms. The third-order valence-corrected chi connectivity index (χ3v) is 1.23. The molecule has 0 aliphatic rings. The maximum Gasteiger partial charge on any atom is 0.101 e. The molecule has 1 heterocycles. The first-order valence-corrected chi connectivity index (χ1v) is 3.03. The normalized spacial score (nSPS) is 9.73. The summed E-state index contributed by atoms with van der Waals surface area (Å²) in [6.45, 7) is 0. The van der Waals surface area contributed by atoms with Crippen LogP contribution in [0.3, 0.4) is 0 Å². The molecule has 54 valence electrons. The first-order chi connectivity index (χ1) is 5.38. The fourth-order valence-corrected chi connectivity index (χ4v) is 0.724. The Labute approximate surface area is 64.2 Å². The highest BCUT2D eigenvalue weighted by Crippen LogP contribution is 2.06. The van der Waals surface area contributed by atoms with Gasteiger partial charge in [0.1, 0.15) is 6.07 Å². The van der Waals surface area contributed by atoms with Crippen molar-refractivity contribution in [3.05, 3.63) is 35.8 Å². The Morgan fingerprint density at radius 1 is 1.64 bits per heavy atom. The molecule has 11 heavy (non-hydrogen) atoms. The third-order valence-electron chi connectivity index (χ3n) is 1.23. The van der Waals surface area contributed by atoms with Crippen molar-refractivity contribution in [3.8, 4) is 6.07 Å². The monoisotopic (exact) mass is 146 g/mol. The first-order valence-electron chi connectivity index (χ1n) is 3.03. The second kappa shape index (κ2) is 3.37. The van der Waals surface area contributed by atoms with Crippen LogP contribution in [0.2, 0.25) is 0 Å². The predicted molar refractivity (Wildman–Crippen MR) is 40.6 cm³/mol. The van der Waals surface area contributed by atoms with E-state index in [1.807, 2.05) is 6.07 Å². The van der Waals surface area contributed by atoms with E-state index < -0.39 is 0 Å². The fraction of sp³-hybridized carbons (Fsp3) is 0. The van der Waals surface area contributed by atoms with Crippen LogP contribution in [0.5, 0.6) is 0 Å². The molecule has 0 saturated carbocycles. The average Bonchev–Trinajstić information content (AvgIpc) is 2.06. The van der Waals surface area contributed by atoms with Gasteiger partial charge in [-0.1, -0.05) is 0 Å². The number of rotatable bonds is 1. The second-order valence-electron chi connectivity index (χ2n) is 1.89. The molecule has 1 aromatic rings. The Kier molecular flexibility index (Phi) is 2.24. The molecule has 0 aromatic carbocycles. The van der Waals surface area contributed by atoms with Crippen molar-refractivity contribution in [1.29, 1.82) is 5.26 Å². The van der Waals surface area contributed by atoms with Gasteiger partial charge in [-0.3, -0.25) is 4.98 Å². The Morgan fingerprint density at radius 3 is 3.09 bits per heavy atom. The molecule has 0 aliphatic heterocycles. The van der Waals surface area contributed by atoms with Crippen molar-refractivity contribution in [2.75, 3.05) is 0 Å². The van der Waals surface area contributed by atoms with E-state index in [2.05, 4.69) is 4.98 Å². The van der Waals surface area contributed by atoms with Crippen LogP contribution in [-0.4, -0.2) is 10.1 Å². The van der Waals surface area contributed by atoms with Crippen LogP contribution in [-0.2, 0) is 0 Å². The van der Waals surface area contributed by atoms with E-state index in [4.69, 9.17) is 10.4 Å². The van der Waals surface area contributed by atoms with Crippen LogP contribution in [0.4, 0.5) is 0 Å². The van der Waals surface area contributed by atoms with Gasteiger partial charge in [-0.2, -0.15) is 5.26 Å². The lowest BCUT2D eigenvalue weighted by Gasteiger charge is -1.92.